The van der Waals surface area contributed by atoms with Gasteiger partial charge in [-0.1, -0.05) is 53.5 Å². The molecule has 0 saturated carbocycles. The number of carbonyl (C=O) groups is 1. The summed E-state index contributed by atoms with van der Waals surface area (Å²) >= 11 is 16.2. The van der Waals surface area contributed by atoms with Crippen LogP contribution in [0.4, 0.5) is 0 Å². The van der Waals surface area contributed by atoms with Gasteiger partial charge in [0, 0.05) is 27.8 Å². The fraction of sp³-hybridized carbons (Fsp3) is 0.250. The van der Waals surface area contributed by atoms with E-state index >= 15 is 0 Å². The number of amides is 1. The van der Waals surface area contributed by atoms with Crippen LogP contribution in [0.1, 0.15) is 32.7 Å². The Morgan fingerprint density at radius 2 is 1.94 bits per heavy atom. The zero-order chi connectivity index (χ0) is 22.8. The maximum Gasteiger partial charge on any atom is 0.256 e. The highest BCUT2D eigenvalue weighted by Crippen LogP contribution is 2.38. The molecule has 0 fully saturated rings. The molecule has 2 aromatic carbocycles. The number of methoxy groups -OCH3 is 1. The second-order valence-corrected chi connectivity index (χ2v) is 9.15. The van der Waals surface area contributed by atoms with Crippen LogP contribution in [0, 0.1) is 6.92 Å². The van der Waals surface area contributed by atoms with Crippen molar-refractivity contribution in [2.45, 2.75) is 26.5 Å². The smallest absolute Gasteiger partial charge is 0.256 e. The van der Waals surface area contributed by atoms with Crippen molar-refractivity contribution in [3.8, 4) is 11.6 Å². The summed E-state index contributed by atoms with van der Waals surface area (Å²) in [5, 5.41) is 0.902. The van der Waals surface area contributed by atoms with Gasteiger partial charge in [0.1, 0.15) is 12.4 Å². The largest absolute Gasteiger partial charge is 0.496 e. The van der Waals surface area contributed by atoms with Crippen LogP contribution < -0.4 is 9.47 Å². The van der Waals surface area contributed by atoms with Crippen LogP contribution in [0.5, 0.6) is 11.6 Å². The molecule has 0 N–H and O–H groups in total. The Morgan fingerprint density at radius 3 is 2.66 bits per heavy atom. The molecule has 1 aromatic heterocycles. The minimum atomic E-state index is -0.184. The van der Waals surface area contributed by atoms with Gasteiger partial charge in [-0.05, 0) is 46.5 Å². The highest BCUT2D eigenvalue weighted by Gasteiger charge is 2.31. The van der Waals surface area contributed by atoms with Crippen molar-refractivity contribution in [1.29, 1.82) is 0 Å². The lowest BCUT2D eigenvalue weighted by atomic mass is 9.98. The molecule has 32 heavy (non-hydrogen) atoms. The molecule has 0 saturated heterocycles. The second kappa shape index (κ2) is 9.69. The van der Waals surface area contributed by atoms with Gasteiger partial charge >= 0.3 is 0 Å². The highest BCUT2D eigenvalue weighted by atomic mass is 79.9. The molecule has 0 spiro atoms. The first kappa shape index (κ1) is 22.9. The van der Waals surface area contributed by atoms with Gasteiger partial charge in [0.2, 0.25) is 5.88 Å². The third kappa shape index (κ3) is 4.58. The third-order valence-corrected chi connectivity index (χ3v) is 6.95. The molecule has 8 heteroatoms. The molecular weight excluding hydrogens is 515 g/mol. The van der Waals surface area contributed by atoms with Crippen LogP contribution in [0.25, 0.3) is 0 Å². The van der Waals surface area contributed by atoms with Crippen LogP contribution in [0.2, 0.25) is 10.0 Å². The molecule has 1 amide bonds. The van der Waals surface area contributed by atoms with Crippen LogP contribution >= 0.6 is 39.1 Å². The average molecular weight is 536 g/mol. The highest BCUT2D eigenvalue weighted by molar-refractivity contribution is 9.10. The first-order valence-corrected chi connectivity index (χ1v) is 11.6. The fourth-order valence-electron chi connectivity index (χ4n) is 3.76. The molecule has 1 aliphatic heterocycles. The molecule has 0 aliphatic carbocycles. The molecule has 166 valence electrons. The van der Waals surface area contributed by atoms with E-state index in [0.717, 1.165) is 16.8 Å². The summed E-state index contributed by atoms with van der Waals surface area (Å²) in [7, 11) is 1.60. The Balaban J connectivity index is 1.66. The number of hydrogen-bond acceptors (Lipinski definition) is 4. The molecule has 4 rings (SSSR count). The van der Waals surface area contributed by atoms with E-state index in [9.17, 15) is 4.79 Å². The number of pyridine rings is 1. The predicted octanol–water partition coefficient (Wildman–Crippen LogP) is 6.25. The number of rotatable bonds is 6. The topological polar surface area (TPSA) is 51.7 Å². The summed E-state index contributed by atoms with van der Waals surface area (Å²) < 4.78 is 12.3. The van der Waals surface area contributed by atoms with Crippen LogP contribution in [0.3, 0.4) is 0 Å². The molecule has 0 radical (unpaired) electrons. The zero-order valence-electron chi connectivity index (χ0n) is 17.6. The quantitative estimate of drug-likeness (QED) is 0.350. The normalized spacial score (nSPS) is 13.2. The molecule has 2 heterocycles. The summed E-state index contributed by atoms with van der Waals surface area (Å²) in [4.78, 5) is 19.7. The standard InChI is InChI=1S/C24H21BrCl2N2O3/c1-14-10-20(31-2)17(23(28-14)32-13-15-6-4-3-5-7-15)12-29-9-8-16-19(26)11-18(25)22(27)21(16)24(29)30/h3-7,10-11H,8-9,12-13H2,1-2H3. The molecule has 0 bridgehead atoms. The number of halogens is 3. The van der Waals surface area contributed by atoms with Crippen LogP contribution in [0.15, 0.2) is 46.9 Å². The average Bonchev–Trinajstić information content (AvgIpc) is 2.79. The molecule has 1 aliphatic rings. The van der Waals surface area contributed by atoms with E-state index in [1.807, 2.05) is 43.3 Å². The number of carbonyl (C=O) groups excluding carboxylic acids is 1. The van der Waals surface area contributed by atoms with Gasteiger partial charge in [-0.15, -0.1) is 0 Å². The molecule has 5 nitrogen and oxygen atoms in total. The van der Waals surface area contributed by atoms with E-state index in [1.165, 1.54) is 0 Å². The maximum atomic E-state index is 13.4. The first-order valence-electron chi connectivity index (χ1n) is 10.1. The van der Waals surface area contributed by atoms with Crippen molar-refractivity contribution in [2.75, 3.05) is 13.7 Å². The van der Waals surface area contributed by atoms with Gasteiger partial charge in [-0.25, -0.2) is 4.98 Å². The molecular formula is C24H21BrCl2N2O3. The van der Waals surface area contributed by atoms with Crippen molar-refractivity contribution in [3.63, 3.8) is 0 Å². The summed E-state index contributed by atoms with van der Waals surface area (Å²) in [6.07, 6.45) is 0.606. The lowest BCUT2D eigenvalue weighted by Gasteiger charge is -2.31. The fourth-order valence-corrected chi connectivity index (χ4v) is 4.87. The third-order valence-electron chi connectivity index (χ3n) is 5.37. The Morgan fingerprint density at radius 1 is 1.19 bits per heavy atom. The van der Waals surface area contributed by atoms with Crippen molar-refractivity contribution in [1.82, 2.24) is 9.88 Å². The van der Waals surface area contributed by atoms with Gasteiger partial charge in [0.05, 0.1) is 29.8 Å². The SMILES string of the molecule is COc1cc(C)nc(OCc2ccccc2)c1CN1CCc2c(Cl)cc(Br)c(Cl)c2C1=O. The summed E-state index contributed by atoms with van der Waals surface area (Å²) in [6, 6.07) is 13.4. The number of hydrogen-bond donors (Lipinski definition) is 0. The van der Waals surface area contributed by atoms with Gasteiger partial charge in [-0.3, -0.25) is 4.79 Å². The number of fused-ring (bicyclic) bond motifs is 1. The minimum Gasteiger partial charge on any atom is -0.496 e. The summed E-state index contributed by atoms with van der Waals surface area (Å²) in [6.45, 7) is 3.01. The molecule has 0 unspecified atom stereocenters. The summed E-state index contributed by atoms with van der Waals surface area (Å²) in [5.74, 6) is 0.885. The van der Waals surface area contributed by atoms with Gasteiger partial charge in [0.25, 0.3) is 5.91 Å². The van der Waals surface area contributed by atoms with E-state index in [0.29, 0.717) is 56.8 Å². The Bertz CT molecular complexity index is 1170. The Kier molecular flexibility index (Phi) is 6.93. The van der Waals surface area contributed by atoms with Crippen molar-refractivity contribution >= 4 is 45.0 Å². The van der Waals surface area contributed by atoms with E-state index in [4.69, 9.17) is 32.7 Å². The monoisotopic (exact) mass is 534 g/mol. The van der Waals surface area contributed by atoms with E-state index < -0.39 is 0 Å². The second-order valence-electron chi connectivity index (χ2n) is 7.51. The van der Waals surface area contributed by atoms with E-state index in [2.05, 4.69) is 20.9 Å². The van der Waals surface area contributed by atoms with Gasteiger partial charge < -0.3 is 14.4 Å². The van der Waals surface area contributed by atoms with Crippen molar-refractivity contribution in [3.05, 3.63) is 84.9 Å². The van der Waals surface area contributed by atoms with Gasteiger partial charge in [-0.2, -0.15) is 0 Å². The Labute approximate surface area is 205 Å². The number of aryl methyl sites for hydroxylation is 1. The molecule has 3 aromatic rings. The minimum absolute atomic E-state index is 0.184. The number of nitrogens with zero attached hydrogens (tertiary/aromatic N) is 2. The zero-order valence-corrected chi connectivity index (χ0v) is 20.7. The van der Waals surface area contributed by atoms with E-state index in [-0.39, 0.29) is 12.5 Å². The van der Waals surface area contributed by atoms with Crippen molar-refractivity contribution in [2.24, 2.45) is 0 Å². The predicted molar refractivity (Wildman–Crippen MR) is 129 cm³/mol. The van der Waals surface area contributed by atoms with Gasteiger partial charge in [0.15, 0.2) is 0 Å². The van der Waals surface area contributed by atoms with Crippen LogP contribution in [-0.2, 0) is 19.6 Å². The maximum absolute atomic E-state index is 13.4. The Hall–Kier alpha value is -2.28. The lowest BCUT2D eigenvalue weighted by Crippen LogP contribution is -2.37. The number of ether oxygens (including phenoxy) is 2. The number of aromatic nitrogens is 1. The van der Waals surface area contributed by atoms with Crippen LogP contribution in [-0.4, -0.2) is 29.4 Å². The van der Waals surface area contributed by atoms with E-state index in [1.54, 1.807) is 18.1 Å². The lowest BCUT2D eigenvalue weighted by molar-refractivity contribution is 0.0724. The number of benzene rings is 2. The van der Waals surface area contributed by atoms with Crippen molar-refractivity contribution < 1.29 is 14.3 Å². The first-order chi connectivity index (χ1) is 15.4. The summed E-state index contributed by atoms with van der Waals surface area (Å²) in [5.41, 5.74) is 3.71. The molecule has 0 atom stereocenters.